The SMILES string of the molecule is C[C@@H]1CCc2sc(C(=O)NNC(=O)CSCc3cccs3)cc2C1. The third-order valence-electron chi connectivity index (χ3n) is 3.93. The fourth-order valence-electron chi connectivity index (χ4n) is 2.68. The second-order valence-electron chi connectivity index (χ2n) is 5.98. The number of carbonyl (C=O) groups excluding carboxylic acids is 2. The standard InChI is InChI=1S/C17H20N2O2S3/c1-11-4-5-14-12(7-11)8-15(24-14)17(21)19-18-16(20)10-22-9-13-3-2-6-23-13/h2-3,6,8,11H,4-5,7,9-10H2,1H3,(H,18,20)(H,19,21)/t11-/m1/s1. The minimum Gasteiger partial charge on any atom is -0.272 e. The van der Waals surface area contributed by atoms with Crippen molar-refractivity contribution in [1.82, 2.24) is 10.9 Å². The van der Waals surface area contributed by atoms with E-state index in [1.54, 1.807) is 22.7 Å². The molecule has 3 rings (SSSR count). The molecule has 0 aliphatic heterocycles. The van der Waals surface area contributed by atoms with Crippen molar-refractivity contribution in [3.05, 3.63) is 43.8 Å². The molecule has 24 heavy (non-hydrogen) atoms. The summed E-state index contributed by atoms with van der Waals surface area (Å²) >= 11 is 4.77. The van der Waals surface area contributed by atoms with Crippen molar-refractivity contribution in [1.29, 1.82) is 0 Å². The Labute approximate surface area is 154 Å². The molecule has 2 heterocycles. The van der Waals surface area contributed by atoms with Crippen LogP contribution in [0.25, 0.3) is 0 Å². The maximum Gasteiger partial charge on any atom is 0.279 e. The molecule has 2 amide bonds. The van der Waals surface area contributed by atoms with Crippen molar-refractivity contribution in [3.63, 3.8) is 0 Å². The molecule has 2 N–H and O–H groups in total. The highest BCUT2D eigenvalue weighted by atomic mass is 32.2. The molecular formula is C17H20N2O2S3. The summed E-state index contributed by atoms with van der Waals surface area (Å²) in [5.74, 6) is 1.42. The molecule has 0 spiro atoms. The van der Waals surface area contributed by atoms with E-state index in [9.17, 15) is 9.59 Å². The van der Waals surface area contributed by atoms with Gasteiger partial charge in [-0.2, -0.15) is 0 Å². The first kappa shape index (κ1) is 17.5. The quantitative estimate of drug-likeness (QED) is 0.779. The van der Waals surface area contributed by atoms with Crippen LogP contribution >= 0.6 is 34.4 Å². The van der Waals surface area contributed by atoms with Gasteiger partial charge < -0.3 is 0 Å². The lowest BCUT2D eigenvalue weighted by molar-refractivity contribution is -0.119. The third kappa shape index (κ3) is 4.62. The summed E-state index contributed by atoms with van der Waals surface area (Å²) in [6.45, 7) is 2.24. The molecule has 2 aromatic heterocycles. The number of thiophene rings is 2. The first-order valence-corrected chi connectivity index (χ1v) is 10.8. The van der Waals surface area contributed by atoms with Crippen LogP contribution in [0.5, 0.6) is 0 Å². The van der Waals surface area contributed by atoms with Crippen molar-refractivity contribution < 1.29 is 9.59 Å². The fourth-order valence-corrected chi connectivity index (χ4v) is 5.45. The summed E-state index contributed by atoms with van der Waals surface area (Å²) in [6, 6.07) is 6.03. The molecule has 0 unspecified atom stereocenters. The topological polar surface area (TPSA) is 58.2 Å². The Balaban J connectivity index is 1.42. The molecule has 128 valence electrons. The van der Waals surface area contributed by atoms with E-state index in [1.165, 1.54) is 33.5 Å². The van der Waals surface area contributed by atoms with E-state index in [1.807, 2.05) is 17.5 Å². The van der Waals surface area contributed by atoms with Crippen LogP contribution in [0.3, 0.4) is 0 Å². The number of hydrazine groups is 1. The van der Waals surface area contributed by atoms with Gasteiger partial charge in [0.2, 0.25) is 5.91 Å². The van der Waals surface area contributed by atoms with Crippen LogP contribution in [-0.4, -0.2) is 17.6 Å². The minimum atomic E-state index is -0.223. The molecular weight excluding hydrogens is 360 g/mol. The number of amides is 2. The highest BCUT2D eigenvalue weighted by Crippen LogP contribution is 2.32. The summed E-state index contributed by atoms with van der Waals surface area (Å²) in [6.07, 6.45) is 3.29. The Bertz CT molecular complexity index is 709. The zero-order chi connectivity index (χ0) is 16.9. The average molecular weight is 381 g/mol. The van der Waals surface area contributed by atoms with Crippen molar-refractivity contribution in [2.45, 2.75) is 31.9 Å². The molecule has 2 aromatic rings. The Morgan fingerprint density at radius 2 is 2.25 bits per heavy atom. The van der Waals surface area contributed by atoms with Crippen LogP contribution in [0, 0.1) is 5.92 Å². The second kappa shape index (κ2) is 8.18. The van der Waals surface area contributed by atoms with Gasteiger partial charge in [0, 0.05) is 15.5 Å². The smallest absolute Gasteiger partial charge is 0.272 e. The van der Waals surface area contributed by atoms with Crippen molar-refractivity contribution in [2.75, 3.05) is 5.75 Å². The molecule has 1 aliphatic rings. The molecule has 4 nitrogen and oxygen atoms in total. The Morgan fingerprint density at radius 1 is 1.38 bits per heavy atom. The highest BCUT2D eigenvalue weighted by Gasteiger charge is 2.20. The molecule has 1 atom stereocenters. The van der Waals surface area contributed by atoms with E-state index < -0.39 is 0 Å². The van der Waals surface area contributed by atoms with Crippen LogP contribution in [0.1, 0.15) is 38.3 Å². The van der Waals surface area contributed by atoms with E-state index >= 15 is 0 Å². The van der Waals surface area contributed by atoms with Gasteiger partial charge in [0.25, 0.3) is 5.91 Å². The highest BCUT2D eigenvalue weighted by molar-refractivity contribution is 7.99. The van der Waals surface area contributed by atoms with Crippen LogP contribution in [0.4, 0.5) is 0 Å². The number of hydrogen-bond acceptors (Lipinski definition) is 5. The molecule has 0 fully saturated rings. The van der Waals surface area contributed by atoms with Crippen LogP contribution in [0.15, 0.2) is 23.6 Å². The molecule has 0 radical (unpaired) electrons. The van der Waals surface area contributed by atoms with E-state index in [2.05, 4.69) is 23.8 Å². The van der Waals surface area contributed by atoms with E-state index in [4.69, 9.17) is 0 Å². The fraction of sp³-hybridized carbons (Fsp3) is 0.412. The van der Waals surface area contributed by atoms with Gasteiger partial charge in [-0.15, -0.1) is 34.4 Å². The summed E-state index contributed by atoms with van der Waals surface area (Å²) in [5, 5.41) is 2.03. The monoisotopic (exact) mass is 380 g/mol. The Hall–Kier alpha value is -1.31. The second-order valence-corrected chi connectivity index (χ2v) is 9.14. The zero-order valence-electron chi connectivity index (χ0n) is 13.5. The number of thioether (sulfide) groups is 1. The molecule has 0 bridgehead atoms. The van der Waals surface area contributed by atoms with Gasteiger partial charge in [-0.1, -0.05) is 13.0 Å². The molecule has 7 heteroatoms. The summed E-state index contributed by atoms with van der Waals surface area (Å²) < 4.78 is 0. The summed E-state index contributed by atoms with van der Waals surface area (Å²) in [4.78, 5) is 27.2. The number of hydrogen-bond donors (Lipinski definition) is 2. The van der Waals surface area contributed by atoms with Crippen LogP contribution in [0.2, 0.25) is 0 Å². The normalized spacial score (nSPS) is 16.5. The molecule has 0 aromatic carbocycles. The van der Waals surface area contributed by atoms with E-state index in [0.717, 1.165) is 18.6 Å². The lowest BCUT2D eigenvalue weighted by Crippen LogP contribution is -2.42. The van der Waals surface area contributed by atoms with Gasteiger partial charge in [0.15, 0.2) is 0 Å². The number of rotatable bonds is 5. The Kier molecular flexibility index (Phi) is 5.97. The van der Waals surface area contributed by atoms with Gasteiger partial charge in [-0.25, -0.2) is 0 Å². The van der Waals surface area contributed by atoms with Gasteiger partial charge in [-0.3, -0.25) is 20.4 Å². The third-order valence-corrected chi connectivity index (χ3v) is 7.20. The minimum absolute atomic E-state index is 0.181. The predicted octanol–water partition coefficient (Wildman–Crippen LogP) is 3.63. The van der Waals surface area contributed by atoms with Gasteiger partial charge >= 0.3 is 0 Å². The molecule has 0 saturated carbocycles. The maximum atomic E-state index is 12.2. The molecule has 1 aliphatic carbocycles. The van der Waals surface area contributed by atoms with Gasteiger partial charge in [-0.05, 0) is 48.3 Å². The van der Waals surface area contributed by atoms with Crippen LogP contribution in [-0.2, 0) is 23.4 Å². The number of carbonyl (C=O) groups is 2. The lowest BCUT2D eigenvalue weighted by atomic mass is 9.90. The largest absolute Gasteiger partial charge is 0.279 e. The predicted molar refractivity (Wildman–Crippen MR) is 102 cm³/mol. The Morgan fingerprint density at radius 3 is 3.04 bits per heavy atom. The van der Waals surface area contributed by atoms with Crippen molar-refractivity contribution >= 4 is 46.2 Å². The average Bonchev–Trinajstić information content (AvgIpc) is 3.21. The number of nitrogens with one attached hydrogen (secondary N) is 2. The number of fused-ring (bicyclic) bond motifs is 1. The van der Waals surface area contributed by atoms with Gasteiger partial charge in [0.1, 0.15) is 0 Å². The first-order valence-electron chi connectivity index (χ1n) is 7.92. The van der Waals surface area contributed by atoms with E-state index in [0.29, 0.717) is 16.5 Å². The maximum absolute atomic E-state index is 12.2. The lowest BCUT2D eigenvalue weighted by Gasteiger charge is -2.16. The van der Waals surface area contributed by atoms with Crippen molar-refractivity contribution in [2.24, 2.45) is 5.92 Å². The first-order chi connectivity index (χ1) is 11.6. The summed E-state index contributed by atoms with van der Waals surface area (Å²) in [7, 11) is 0. The van der Waals surface area contributed by atoms with Crippen LogP contribution < -0.4 is 10.9 Å². The number of aryl methyl sites for hydroxylation is 1. The summed E-state index contributed by atoms with van der Waals surface area (Å²) in [5.41, 5.74) is 6.32. The zero-order valence-corrected chi connectivity index (χ0v) is 15.9. The van der Waals surface area contributed by atoms with E-state index in [-0.39, 0.29) is 11.8 Å². The molecule has 0 saturated heterocycles. The van der Waals surface area contributed by atoms with Gasteiger partial charge in [0.05, 0.1) is 10.6 Å². The van der Waals surface area contributed by atoms with Crippen molar-refractivity contribution in [3.8, 4) is 0 Å².